The molecule has 0 unspecified atom stereocenters. The SMILES string of the molecule is COC(=O)c1ccccc1N1CCCN(c2ccc(-c3nc4ccc(C(F)(F)F)cc4[nH]3)cn2)CCOC1=O. The number of H-pyrrole nitrogens is 1. The van der Waals surface area contributed by atoms with Crippen molar-refractivity contribution in [2.75, 3.05) is 43.2 Å². The lowest BCUT2D eigenvalue weighted by molar-refractivity contribution is -0.137. The van der Waals surface area contributed by atoms with Gasteiger partial charge in [-0.15, -0.1) is 0 Å². The van der Waals surface area contributed by atoms with E-state index in [1.165, 1.54) is 18.1 Å². The van der Waals surface area contributed by atoms with Crippen LogP contribution < -0.4 is 9.80 Å². The van der Waals surface area contributed by atoms with Crippen LogP contribution in [0.3, 0.4) is 0 Å². The molecule has 1 fully saturated rings. The van der Waals surface area contributed by atoms with Crippen molar-refractivity contribution in [3.63, 3.8) is 0 Å². The second-order valence-electron chi connectivity index (χ2n) is 8.84. The number of para-hydroxylation sites is 1. The Morgan fingerprint density at radius 1 is 1.08 bits per heavy atom. The summed E-state index contributed by atoms with van der Waals surface area (Å²) in [7, 11) is 1.28. The molecule has 12 heteroatoms. The van der Waals surface area contributed by atoms with Crippen LogP contribution in [-0.4, -0.2) is 60.4 Å². The van der Waals surface area contributed by atoms with Gasteiger partial charge in [0.15, 0.2) is 0 Å². The molecule has 1 aliphatic rings. The first-order valence-electron chi connectivity index (χ1n) is 12.1. The van der Waals surface area contributed by atoms with Crippen molar-refractivity contribution in [2.45, 2.75) is 12.6 Å². The molecule has 1 N–H and O–H groups in total. The van der Waals surface area contributed by atoms with Crippen molar-refractivity contribution in [1.29, 1.82) is 0 Å². The fourth-order valence-electron chi connectivity index (χ4n) is 4.42. The van der Waals surface area contributed by atoms with Crippen LogP contribution in [0.25, 0.3) is 22.4 Å². The highest BCUT2D eigenvalue weighted by molar-refractivity contribution is 6.00. The third-order valence-electron chi connectivity index (χ3n) is 6.37. The summed E-state index contributed by atoms with van der Waals surface area (Å²) in [5.74, 6) is 0.504. The van der Waals surface area contributed by atoms with Crippen LogP contribution in [0.1, 0.15) is 22.3 Å². The van der Waals surface area contributed by atoms with E-state index in [2.05, 4.69) is 15.0 Å². The molecule has 0 aliphatic carbocycles. The molecule has 3 heterocycles. The minimum Gasteiger partial charge on any atom is -0.465 e. The smallest absolute Gasteiger partial charge is 0.416 e. The highest BCUT2D eigenvalue weighted by Crippen LogP contribution is 2.32. The number of alkyl halides is 3. The number of ether oxygens (including phenoxy) is 2. The molecule has 2 aromatic heterocycles. The average Bonchev–Trinajstić information content (AvgIpc) is 3.40. The number of carbonyl (C=O) groups is 2. The molecule has 0 bridgehead atoms. The highest BCUT2D eigenvalue weighted by atomic mass is 19.4. The molecule has 0 saturated carbocycles. The summed E-state index contributed by atoms with van der Waals surface area (Å²) in [5, 5.41) is 0. The summed E-state index contributed by atoms with van der Waals surface area (Å²) in [6, 6.07) is 13.6. The van der Waals surface area contributed by atoms with Gasteiger partial charge in [0.25, 0.3) is 0 Å². The maximum atomic E-state index is 13.0. The van der Waals surface area contributed by atoms with Crippen LogP contribution in [-0.2, 0) is 15.7 Å². The van der Waals surface area contributed by atoms with E-state index in [1.807, 2.05) is 4.90 Å². The molecular weight excluding hydrogens is 515 g/mol. The van der Waals surface area contributed by atoms with Gasteiger partial charge in [-0.25, -0.2) is 19.6 Å². The maximum Gasteiger partial charge on any atom is 0.416 e. The number of benzene rings is 2. The Kier molecular flexibility index (Phi) is 7.09. The number of pyridine rings is 1. The molecule has 0 spiro atoms. The van der Waals surface area contributed by atoms with Gasteiger partial charge in [-0.1, -0.05) is 12.1 Å². The molecule has 1 aliphatic heterocycles. The van der Waals surface area contributed by atoms with Crippen molar-refractivity contribution in [1.82, 2.24) is 15.0 Å². The van der Waals surface area contributed by atoms with Crippen molar-refractivity contribution >= 4 is 34.6 Å². The molecule has 4 aromatic rings. The number of amides is 1. The Bertz CT molecular complexity index is 1500. The van der Waals surface area contributed by atoms with Crippen LogP contribution in [0.15, 0.2) is 60.8 Å². The molecule has 1 saturated heterocycles. The first-order chi connectivity index (χ1) is 18.7. The van der Waals surface area contributed by atoms with Crippen molar-refractivity contribution < 1.29 is 32.2 Å². The molecular formula is C27H24F3N5O4. The predicted octanol–water partition coefficient (Wildman–Crippen LogP) is 5.28. The number of carbonyl (C=O) groups excluding carboxylic acids is 2. The maximum absolute atomic E-state index is 13.0. The number of hydrogen-bond donors (Lipinski definition) is 1. The van der Waals surface area contributed by atoms with E-state index in [9.17, 15) is 22.8 Å². The number of hydrogen-bond acceptors (Lipinski definition) is 7. The molecule has 39 heavy (non-hydrogen) atoms. The van der Waals surface area contributed by atoms with E-state index in [0.717, 1.165) is 12.1 Å². The minimum absolute atomic E-state index is 0.101. The normalized spacial score (nSPS) is 14.9. The Labute approximate surface area is 221 Å². The zero-order valence-corrected chi connectivity index (χ0v) is 20.9. The van der Waals surface area contributed by atoms with Crippen LogP contribution in [0.5, 0.6) is 0 Å². The Morgan fingerprint density at radius 3 is 2.64 bits per heavy atom. The lowest BCUT2D eigenvalue weighted by Gasteiger charge is -2.23. The topological polar surface area (TPSA) is 101 Å². The van der Waals surface area contributed by atoms with Gasteiger partial charge in [-0.05, 0) is 48.9 Å². The third kappa shape index (κ3) is 5.49. The van der Waals surface area contributed by atoms with E-state index in [-0.39, 0.29) is 17.7 Å². The lowest BCUT2D eigenvalue weighted by atomic mass is 10.1. The number of fused-ring (bicyclic) bond motifs is 1. The van der Waals surface area contributed by atoms with Crippen LogP contribution in [0.4, 0.5) is 29.5 Å². The van der Waals surface area contributed by atoms with Crippen molar-refractivity contribution in [3.8, 4) is 11.4 Å². The lowest BCUT2D eigenvalue weighted by Crippen LogP contribution is -2.34. The average molecular weight is 540 g/mol. The number of anilines is 2. The number of halogens is 3. The number of cyclic esters (lactones) is 1. The molecule has 9 nitrogen and oxygen atoms in total. The summed E-state index contributed by atoms with van der Waals surface area (Å²) in [5.41, 5.74) is 1.25. The zero-order chi connectivity index (χ0) is 27.6. The van der Waals surface area contributed by atoms with Gasteiger partial charge >= 0.3 is 18.2 Å². The largest absolute Gasteiger partial charge is 0.465 e. The third-order valence-corrected chi connectivity index (χ3v) is 6.37. The molecule has 1 amide bonds. The monoisotopic (exact) mass is 539 g/mol. The van der Waals surface area contributed by atoms with E-state index < -0.39 is 23.8 Å². The Balaban J connectivity index is 1.31. The predicted molar refractivity (Wildman–Crippen MR) is 138 cm³/mol. The minimum atomic E-state index is -4.44. The molecule has 5 rings (SSSR count). The number of aromatic nitrogens is 3. The fraction of sp³-hybridized carbons (Fsp3) is 0.259. The number of aromatic amines is 1. The molecule has 2 aromatic carbocycles. The van der Waals surface area contributed by atoms with Crippen molar-refractivity contribution in [2.24, 2.45) is 0 Å². The Morgan fingerprint density at radius 2 is 1.90 bits per heavy atom. The number of esters is 1. The fourth-order valence-corrected chi connectivity index (χ4v) is 4.42. The second kappa shape index (κ2) is 10.6. The quantitative estimate of drug-likeness (QED) is 0.352. The highest BCUT2D eigenvalue weighted by Gasteiger charge is 2.31. The first kappa shape index (κ1) is 26.0. The van der Waals surface area contributed by atoms with E-state index >= 15 is 0 Å². The number of rotatable bonds is 4. The second-order valence-corrected chi connectivity index (χ2v) is 8.84. The van der Waals surface area contributed by atoms with Crippen LogP contribution in [0, 0.1) is 0 Å². The van der Waals surface area contributed by atoms with Crippen LogP contribution in [0.2, 0.25) is 0 Å². The summed E-state index contributed by atoms with van der Waals surface area (Å²) in [6.45, 7) is 1.37. The summed E-state index contributed by atoms with van der Waals surface area (Å²) in [6.07, 6.45) is -2.84. The van der Waals surface area contributed by atoms with E-state index in [1.54, 1.807) is 42.6 Å². The van der Waals surface area contributed by atoms with Crippen LogP contribution >= 0.6 is 0 Å². The van der Waals surface area contributed by atoms with E-state index in [4.69, 9.17) is 9.47 Å². The first-order valence-corrected chi connectivity index (χ1v) is 12.1. The van der Waals surface area contributed by atoms with Gasteiger partial charge in [0, 0.05) is 24.8 Å². The van der Waals surface area contributed by atoms with Gasteiger partial charge in [-0.2, -0.15) is 13.2 Å². The standard InChI is InChI=1S/C27H24F3N5O4/c1-38-25(36)19-5-2-3-6-22(19)35-12-4-11-34(13-14-39-26(35)37)23-10-7-17(16-31-23)24-32-20-9-8-18(27(28,29)30)15-21(20)33-24/h2-3,5-10,15-16H,4,11-14H2,1H3,(H,32,33). The van der Waals surface area contributed by atoms with E-state index in [0.29, 0.717) is 54.5 Å². The molecule has 0 radical (unpaired) electrons. The summed E-state index contributed by atoms with van der Waals surface area (Å²) < 4.78 is 49.5. The number of nitrogens with zero attached hydrogens (tertiary/aromatic N) is 4. The zero-order valence-electron chi connectivity index (χ0n) is 20.9. The van der Waals surface area contributed by atoms with Gasteiger partial charge in [0.05, 0.1) is 41.5 Å². The van der Waals surface area contributed by atoms with Gasteiger partial charge < -0.3 is 19.4 Å². The van der Waals surface area contributed by atoms with Gasteiger partial charge in [0.2, 0.25) is 0 Å². The summed E-state index contributed by atoms with van der Waals surface area (Å²) >= 11 is 0. The number of imidazole rings is 1. The molecule has 0 atom stereocenters. The Hall–Kier alpha value is -4.61. The van der Waals surface area contributed by atoms with Gasteiger partial charge in [0.1, 0.15) is 18.2 Å². The van der Waals surface area contributed by atoms with Crippen molar-refractivity contribution in [3.05, 3.63) is 71.9 Å². The number of methoxy groups -OCH3 is 1. The molecule has 202 valence electrons. The summed E-state index contributed by atoms with van der Waals surface area (Å²) in [4.78, 5) is 40.3. The number of nitrogens with one attached hydrogen (secondary N) is 1. The van der Waals surface area contributed by atoms with Gasteiger partial charge in [-0.3, -0.25) is 4.90 Å².